The van der Waals surface area contributed by atoms with Gasteiger partial charge < -0.3 is 24.8 Å². The van der Waals surface area contributed by atoms with E-state index in [0.717, 1.165) is 12.8 Å². The Morgan fingerprint density at radius 2 is 2.17 bits per heavy atom. The molecule has 0 bridgehead atoms. The van der Waals surface area contributed by atoms with Crippen molar-refractivity contribution in [2.45, 2.75) is 30.9 Å². The van der Waals surface area contributed by atoms with Gasteiger partial charge in [-0.1, -0.05) is 12.2 Å². The summed E-state index contributed by atoms with van der Waals surface area (Å²) in [5.74, 6) is 0.617. The summed E-state index contributed by atoms with van der Waals surface area (Å²) < 4.78 is 18.8. The third kappa shape index (κ3) is 2.73. The molecule has 1 fully saturated rings. The first-order valence-electron chi connectivity index (χ1n) is 7.69. The zero-order valence-electron chi connectivity index (χ0n) is 12.8. The maximum Gasteiger partial charge on any atom is 0.351 e. The topological polar surface area (TPSA) is 136 Å². The number of imidazole rings is 1. The average Bonchev–Trinajstić information content (AvgIpc) is 3.15. The fraction of sp³-hybridized carbons (Fsp3) is 0.500. The van der Waals surface area contributed by atoms with Crippen molar-refractivity contribution in [1.82, 2.24) is 19.5 Å². The monoisotopic (exact) mass is 351 g/mol. The number of nitrogens with zero attached hydrogens (tertiary/aromatic N) is 4. The van der Waals surface area contributed by atoms with E-state index >= 15 is 0 Å². The predicted octanol–water partition coefficient (Wildman–Crippen LogP) is 1.21. The molecule has 0 saturated heterocycles. The van der Waals surface area contributed by atoms with Gasteiger partial charge in [-0.2, -0.15) is 0 Å². The Kier molecular flexibility index (Phi) is 3.50. The largest absolute Gasteiger partial charge is 0.382 e. The van der Waals surface area contributed by atoms with Crippen molar-refractivity contribution in [3.8, 4) is 0 Å². The lowest BCUT2D eigenvalue weighted by atomic mass is 9.96. The Morgan fingerprint density at radius 1 is 1.38 bits per heavy atom. The van der Waals surface area contributed by atoms with Crippen LogP contribution in [0.1, 0.15) is 25.3 Å². The van der Waals surface area contributed by atoms with Crippen LogP contribution in [0.4, 0.5) is 5.82 Å². The molecular formula is C14H18N5O4P. The smallest absolute Gasteiger partial charge is 0.351 e. The molecule has 2 aromatic rings. The first-order valence-corrected chi connectivity index (χ1v) is 9.49. The van der Waals surface area contributed by atoms with Gasteiger partial charge in [0, 0.05) is 6.42 Å². The highest BCUT2D eigenvalue weighted by Gasteiger charge is 2.49. The van der Waals surface area contributed by atoms with Crippen molar-refractivity contribution in [2.24, 2.45) is 5.92 Å². The number of allylic oxidation sites excluding steroid dienone is 1. The van der Waals surface area contributed by atoms with E-state index in [1.54, 1.807) is 6.33 Å². The van der Waals surface area contributed by atoms with Crippen molar-refractivity contribution in [3.63, 3.8) is 0 Å². The Labute approximate surface area is 137 Å². The molecule has 4 rings (SSSR count). The normalized spacial score (nSPS) is 27.2. The van der Waals surface area contributed by atoms with Crippen LogP contribution in [-0.2, 0) is 9.30 Å². The van der Waals surface area contributed by atoms with Crippen molar-refractivity contribution in [3.05, 3.63) is 24.8 Å². The van der Waals surface area contributed by atoms with Gasteiger partial charge in [0.1, 0.15) is 18.2 Å². The molecule has 0 amide bonds. The molecule has 9 nitrogen and oxygen atoms in total. The van der Waals surface area contributed by atoms with Gasteiger partial charge in [0.25, 0.3) is 0 Å². The molecule has 2 aliphatic carbocycles. The first kappa shape index (κ1) is 15.7. The molecule has 2 atom stereocenters. The van der Waals surface area contributed by atoms with Gasteiger partial charge in [-0.05, 0) is 18.8 Å². The van der Waals surface area contributed by atoms with Crippen LogP contribution in [0.15, 0.2) is 24.8 Å². The molecule has 0 radical (unpaired) electrons. The van der Waals surface area contributed by atoms with Gasteiger partial charge >= 0.3 is 7.60 Å². The number of fused-ring (bicyclic) bond motifs is 1. The van der Waals surface area contributed by atoms with E-state index in [2.05, 4.69) is 15.0 Å². The van der Waals surface area contributed by atoms with E-state index in [-0.39, 0.29) is 6.04 Å². The summed E-state index contributed by atoms with van der Waals surface area (Å²) in [7, 11) is -4.21. The molecule has 2 aromatic heterocycles. The minimum atomic E-state index is -4.21. The first-order chi connectivity index (χ1) is 11.4. The number of nitrogens with two attached hydrogens (primary N) is 1. The number of aromatic nitrogens is 4. The number of ether oxygens (including phenoxy) is 1. The van der Waals surface area contributed by atoms with Gasteiger partial charge in [-0.25, -0.2) is 15.0 Å². The lowest BCUT2D eigenvalue weighted by Crippen LogP contribution is -2.32. The van der Waals surface area contributed by atoms with Crippen LogP contribution < -0.4 is 5.73 Å². The van der Waals surface area contributed by atoms with Gasteiger partial charge in [0.15, 0.2) is 11.5 Å². The van der Waals surface area contributed by atoms with Gasteiger partial charge in [-0.15, -0.1) is 0 Å². The fourth-order valence-electron chi connectivity index (χ4n) is 3.34. The number of nitrogen functional groups attached to an aromatic ring is 1. The van der Waals surface area contributed by atoms with Crippen LogP contribution in [-0.4, -0.2) is 41.3 Å². The van der Waals surface area contributed by atoms with Crippen molar-refractivity contribution >= 4 is 24.6 Å². The number of hydrogen-bond donors (Lipinski definition) is 3. The second kappa shape index (κ2) is 5.35. The van der Waals surface area contributed by atoms with Crippen LogP contribution in [0.2, 0.25) is 0 Å². The molecule has 0 spiro atoms. The molecular weight excluding hydrogens is 333 g/mol. The molecule has 1 saturated carbocycles. The highest BCUT2D eigenvalue weighted by molar-refractivity contribution is 7.51. The van der Waals surface area contributed by atoms with Gasteiger partial charge in [-0.3, -0.25) is 4.57 Å². The van der Waals surface area contributed by atoms with E-state index in [0.29, 0.717) is 29.3 Å². The SMILES string of the molecule is Nc1ncnc2c1ncn2[C@H]1C=C[C@](OCP(=O)(O)O)(C2CC2)C1. The minimum Gasteiger partial charge on any atom is -0.382 e. The molecule has 0 aliphatic heterocycles. The zero-order chi connectivity index (χ0) is 16.9. The number of anilines is 1. The predicted molar refractivity (Wildman–Crippen MR) is 86.0 cm³/mol. The summed E-state index contributed by atoms with van der Waals surface area (Å²) in [6.45, 7) is 0. The minimum absolute atomic E-state index is 0.0540. The number of rotatable bonds is 5. The van der Waals surface area contributed by atoms with Crippen molar-refractivity contribution in [2.75, 3.05) is 12.1 Å². The third-order valence-electron chi connectivity index (χ3n) is 4.64. The molecule has 128 valence electrons. The van der Waals surface area contributed by atoms with E-state index in [1.807, 2.05) is 16.7 Å². The van der Waals surface area contributed by atoms with Crippen molar-refractivity contribution < 1.29 is 19.1 Å². The summed E-state index contributed by atoms with van der Waals surface area (Å²) in [6, 6.07) is -0.0540. The number of hydrogen-bond acceptors (Lipinski definition) is 6. The van der Waals surface area contributed by atoms with Crippen LogP contribution in [0, 0.1) is 5.92 Å². The molecule has 10 heteroatoms. The highest BCUT2D eigenvalue weighted by atomic mass is 31.2. The quantitative estimate of drug-likeness (QED) is 0.540. The summed E-state index contributed by atoms with van der Waals surface area (Å²) in [4.78, 5) is 30.7. The molecule has 2 aliphatic rings. The van der Waals surface area contributed by atoms with Crippen LogP contribution in [0.5, 0.6) is 0 Å². The molecule has 0 aromatic carbocycles. The van der Waals surface area contributed by atoms with Gasteiger partial charge in [0.2, 0.25) is 0 Å². The van der Waals surface area contributed by atoms with E-state index in [4.69, 9.17) is 20.3 Å². The Morgan fingerprint density at radius 3 is 2.88 bits per heavy atom. The standard InChI is InChI=1S/C14H18N5O4P/c15-12-11-13(17-6-16-12)19(7-18-11)10-3-4-14(5-10,9-1-2-9)23-8-24(20,21)22/h3-4,6-7,9-10H,1-2,5,8H2,(H2,15,16,17)(H2,20,21,22)/t10-,14+/m0/s1. The second-order valence-corrected chi connectivity index (χ2v) is 7.97. The third-order valence-corrected chi connectivity index (χ3v) is 5.11. The maximum atomic E-state index is 11.2. The second-order valence-electron chi connectivity index (χ2n) is 6.38. The Balaban J connectivity index is 1.61. The Hall–Kier alpha value is -1.80. The van der Waals surface area contributed by atoms with Gasteiger partial charge in [0.05, 0.1) is 18.0 Å². The fourth-order valence-corrected chi connectivity index (χ4v) is 3.75. The average molecular weight is 351 g/mol. The summed E-state index contributed by atoms with van der Waals surface area (Å²) in [5.41, 5.74) is 6.37. The molecule has 2 heterocycles. The summed E-state index contributed by atoms with van der Waals surface area (Å²) >= 11 is 0. The lowest BCUT2D eigenvalue weighted by Gasteiger charge is -2.29. The lowest BCUT2D eigenvalue weighted by molar-refractivity contribution is -0.0114. The zero-order valence-corrected chi connectivity index (χ0v) is 13.7. The molecule has 0 unspecified atom stereocenters. The van der Waals surface area contributed by atoms with E-state index < -0.39 is 19.5 Å². The van der Waals surface area contributed by atoms with Crippen LogP contribution in [0.25, 0.3) is 11.2 Å². The van der Waals surface area contributed by atoms with E-state index in [1.165, 1.54) is 6.33 Å². The summed E-state index contributed by atoms with van der Waals surface area (Å²) in [6.07, 6.45) is 8.99. The van der Waals surface area contributed by atoms with Crippen LogP contribution >= 0.6 is 7.60 Å². The van der Waals surface area contributed by atoms with E-state index in [9.17, 15) is 4.57 Å². The van der Waals surface area contributed by atoms with Crippen LogP contribution in [0.3, 0.4) is 0 Å². The molecule has 4 N–H and O–H groups in total. The Bertz CT molecular complexity index is 858. The molecule has 24 heavy (non-hydrogen) atoms. The van der Waals surface area contributed by atoms with Crippen molar-refractivity contribution in [1.29, 1.82) is 0 Å². The highest BCUT2D eigenvalue weighted by Crippen LogP contribution is 2.52. The summed E-state index contributed by atoms with van der Waals surface area (Å²) in [5, 5.41) is 0. The maximum absolute atomic E-state index is 11.2.